The average molecular weight is 508 g/mol. The summed E-state index contributed by atoms with van der Waals surface area (Å²) in [6.45, 7) is 5.44. The fourth-order valence-electron chi connectivity index (χ4n) is 3.53. The van der Waals surface area contributed by atoms with Crippen LogP contribution in [-0.4, -0.2) is 42.0 Å². The van der Waals surface area contributed by atoms with Gasteiger partial charge in [-0.25, -0.2) is 4.79 Å². The minimum Gasteiger partial charge on any atom is -0.497 e. The molecule has 0 aliphatic rings. The monoisotopic (exact) mass is 507 g/mol. The summed E-state index contributed by atoms with van der Waals surface area (Å²) >= 11 is 1.12. The lowest BCUT2D eigenvalue weighted by atomic mass is 10.1. The van der Waals surface area contributed by atoms with E-state index in [1.54, 1.807) is 42.6 Å². The van der Waals surface area contributed by atoms with Crippen LogP contribution in [0.15, 0.2) is 52.6 Å². The number of hydrogen-bond acceptors (Lipinski definition) is 8. The van der Waals surface area contributed by atoms with Gasteiger partial charge in [0.2, 0.25) is 0 Å². The second kappa shape index (κ2) is 10.6. The van der Waals surface area contributed by atoms with Gasteiger partial charge in [0.1, 0.15) is 16.5 Å². The predicted molar refractivity (Wildman–Crippen MR) is 138 cm³/mol. The largest absolute Gasteiger partial charge is 0.497 e. The summed E-state index contributed by atoms with van der Waals surface area (Å²) in [5.74, 6) is -0.0557. The van der Waals surface area contributed by atoms with Gasteiger partial charge in [-0.05, 0) is 56.2 Å². The number of ether oxygens (including phenoxy) is 3. The van der Waals surface area contributed by atoms with E-state index in [9.17, 15) is 14.4 Å². The lowest BCUT2D eigenvalue weighted by Gasteiger charge is -2.11. The highest BCUT2D eigenvalue weighted by Gasteiger charge is 2.23. The summed E-state index contributed by atoms with van der Waals surface area (Å²) in [7, 11) is 1.54. The van der Waals surface area contributed by atoms with E-state index >= 15 is 0 Å². The van der Waals surface area contributed by atoms with Crippen molar-refractivity contribution < 1.29 is 23.8 Å². The number of carbonyl (C=O) groups is 2. The van der Waals surface area contributed by atoms with Gasteiger partial charge in [0, 0.05) is 16.8 Å². The van der Waals surface area contributed by atoms with Gasteiger partial charge >= 0.3 is 5.97 Å². The molecule has 10 heteroatoms. The highest BCUT2D eigenvalue weighted by molar-refractivity contribution is 7.16. The topological polar surface area (TPSA) is 109 Å². The maximum Gasteiger partial charge on any atom is 0.359 e. The van der Waals surface area contributed by atoms with Crippen molar-refractivity contribution >= 4 is 39.0 Å². The summed E-state index contributed by atoms with van der Waals surface area (Å²) < 4.78 is 17.1. The van der Waals surface area contributed by atoms with Crippen LogP contribution in [0.5, 0.6) is 11.5 Å². The van der Waals surface area contributed by atoms with Crippen molar-refractivity contribution in [3.63, 3.8) is 0 Å². The van der Waals surface area contributed by atoms with Gasteiger partial charge < -0.3 is 19.5 Å². The second-order valence-corrected chi connectivity index (χ2v) is 8.80. The Morgan fingerprint density at radius 2 is 1.86 bits per heavy atom. The van der Waals surface area contributed by atoms with Gasteiger partial charge in [-0.15, -0.1) is 11.3 Å². The maximum absolute atomic E-state index is 13.5. The number of hydrogen-bond donors (Lipinski definition) is 1. The number of aryl methyl sites for hydroxylation is 2. The van der Waals surface area contributed by atoms with Crippen LogP contribution in [0, 0.1) is 13.8 Å². The Morgan fingerprint density at radius 1 is 1.08 bits per heavy atom. The molecule has 36 heavy (non-hydrogen) atoms. The Balaban J connectivity index is 1.71. The first-order valence-electron chi connectivity index (χ1n) is 11.2. The van der Waals surface area contributed by atoms with E-state index in [2.05, 4.69) is 10.4 Å². The zero-order valence-electron chi connectivity index (χ0n) is 20.3. The van der Waals surface area contributed by atoms with Crippen molar-refractivity contribution in [2.45, 2.75) is 20.8 Å². The van der Waals surface area contributed by atoms with Gasteiger partial charge in [-0.3, -0.25) is 9.59 Å². The molecule has 1 amide bonds. The molecule has 0 saturated heterocycles. The third-order valence-electron chi connectivity index (χ3n) is 5.52. The van der Waals surface area contributed by atoms with Crippen LogP contribution in [-0.2, 0) is 9.53 Å². The van der Waals surface area contributed by atoms with Crippen LogP contribution in [0.3, 0.4) is 0 Å². The summed E-state index contributed by atoms with van der Waals surface area (Å²) in [5, 5.41) is 9.45. The van der Waals surface area contributed by atoms with Crippen molar-refractivity contribution in [2.24, 2.45) is 0 Å². The molecule has 0 aliphatic carbocycles. The standard InChI is InChI=1S/C26H25N3O6S/c1-5-34-26(32)23-20-14-36-24(27-21(30)13-35-19-8-6-7-18(12-19)33-4)22(20)25(31)29(28-23)17-10-9-15(2)16(3)11-17/h6-12,14H,5,13H2,1-4H3,(H,27,30). The molecule has 186 valence electrons. The van der Waals surface area contributed by atoms with E-state index in [0.29, 0.717) is 27.6 Å². The van der Waals surface area contributed by atoms with Crippen LogP contribution in [0.1, 0.15) is 28.5 Å². The molecule has 0 atom stereocenters. The molecule has 2 aromatic carbocycles. The first-order valence-corrected chi connectivity index (χ1v) is 12.1. The number of fused-ring (bicyclic) bond motifs is 1. The van der Waals surface area contributed by atoms with E-state index in [0.717, 1.165) is 27.1 Å². The molecule has 4 rings (SSSR count). The van der Waals surface area contributed by atoms with Crippen molar-refractivity contribution in [1.82, 2.24) is 9.78 Å². The predicted octanol–water partition coefficient (Wildman–Crippen LogP) is 4.27. The number of anilines is 1. The zero-order valence-corrected chi connectivity index (χ0v) is 21.1. The van der Waals surface area contributed by atoms with Gasteiger partial charge in [0.05, 0.1) is 24.8 Å². The average Bonchev–Trinajstić information content (AvgIpc) is 3.29. The number of carbonyl (C=O) groups excluding carboxylic acids is 2. The molecule has 0 spiro atoms. The van der Waals surface area contributed by atoms with Crippen molar-refractivity contribution in [1.29, 1.82) is 0 Å². The van der Waals surface area contributed by atoms with Gasteiger partial charge in [0.15, 0.2) is 12.3 Å². The fraction of sp³-hybridized carbons (Fsp3) is 0.231. The first-order chi connectivity index (χ1) is 17.3. The molecule has 2 heterocycles. The Hall–Kier alpha value is -4.18. The van der Waals surface area contributed by atoms with E-state index in [4.69, 9.17) is 14.2 Å². The lowest BCUT2D eigenvalue weighted by molar-refractivity contribution is -0.118. The van der Waals surface area contributed by atoms with Crippen molar-refractivity contribution in [3.8, 4) is 17.2 Å². The number of nitrogens with one attached hydrogen (secondary N) is 1. The molecule has 0 radical (unpaired) electrons. The Bertz CT molecular complexity index is 1510. The quantitative estimate of drug-likeness (QED) is 0.355. The highest BCUT2D eigenvalue weighted by atomic mass is 32.1. The summed E-state index contributed by atoms with van der Waals surface area (Å²) in [4.78, 5) is 38.9. The number of rotatable bonds is 8. The Kier molecular flexibility index (Phi) is 7.35. The fourth-order valence-corrected chi connectivity index (χ4v) is 4.48. The van der Waals surface area contributed by atoms with Crippen molar-refractivity contribution in [2.75, 3.05) is 25.6 Å². The number of amides is 1. The molecule has 0 fully saturated rings. The highest BCUT2D eigenvalue weighted by Crippen LogP contribution is 2.31. The van der Waals surface area contributed by atoms with Crippen LogP contribution in [0.2, 0.25) is 0 Å². The third-order valence-corrected chi connectivity index (χ3v) is 6.42. The lowest BCUT2D eigenvalue weighted by Crippen LogP contribution is -2.26. The number of thiophene rings is 1. The molecule has 2 aromatic heterocycles. The van der Waals surface area contributed by atoms with Crippen LogP contribution < -0.4 is 20.3 Å². The zero-order chi connectivity index (χ0) is 25.8. The Labute approximate surface area is 211 Å². The molecule has 0 unspecified atom stereocenters. The first kappa shape index (κ1) is 24.9. The van der Waals surface area contributed by atoms with Gasteiger partial charge in [-0.2, -0.15) is 9.78 Å². The number of benzene rings is 2. The van der Waals surface area contributed by atoms with E-state index in [1.165, 1.54) is 7.11 Å². The number of aromatic nitrogens is 2. The van der Waals surface area contributed by atoms with E-state index < -0.39 is 17.4 Å². The molecule has 4 aromatic rings. The van der Waals surface area contributed by atoms with Crippen LogP contribution in [0.25, 0.3) is 16.5 Å². The van der Waals surface area contributed by atoms with Gasteiger partial charge in [-0.1, -0.05) is 12.1 Å². The van der Waals surface area contributed by atoms with Crippen molar-refractivity contribution in [3.05, 3.63) is 75.0 Å². The number of esters is 1. The minimum atomic E-state index is -0.655. The molecular formula is C26H25N3O6S. The summed E-state index contributed by atoms with van der Waals surface area (Å²) in [6, 6.07) is 12.3. The van der Waals surface area contributed by atoms with E-state index in [1.807, 2.05) is 26.0 Å². The Morgan fingerprint density at radius 3 is 2.58 bits per heavy atom. The van der Waals surface area contributed by atoms with Gasteiger partial charge in [0.25, 0.3) is 11.5 Å². The summed E-state index contributed by atoms with van der Waals surface area (Å²) in [5.41, 5.74) is 2.05. The molecule has 0 bridgehead atoms. The molecular weight excluding hydrogens is 482 g/mol. The van der Waals surface area contributed by atoms with E-state index in [-0.39, 0.29) is 24.3 Å². The maximum atomic E-state index is 13.5. The summed E-state index contributed by atoms with van der Waals surface area (Å²) in [6.07, 6.45) is 0. The molecule has 0 aliphatic heterocycles. The smallest absolute Gasteiger partial charge is 0.359 e. The second-order valence-electron chi connectivity index (χ2n) is 7.92. The third kappa shape index (κ3) is 5.08. The molecule has 1 N–H and O–H groups in total. The molecule has 0 saturated carbocycles. The normalized spacial score (nSPS) is 10.8. The molecule has 9 nitrogen and oxygen atoms in total. The SMILES string of the molecule is CCOC(=O)c1nn(-c2ccc(C)c(C)c2)c(=O)c2c(NC(=O)COc3cccc(OC)c3)scc12. The van der Waals surface area contributed by atoms with Crippen LogP contribution >= 0.6 is 11.3 Å². The van der Waals surface area contributed by atoms with Crippen LogP contribution in [0.4, 0.5) is 5.00 Å². The number of methoxy groups -OCH3 is 1. The number of nitrogens with zero attached hydrogens (tertiary/aromatic N) is 2. The minimum absolute atomic E-state index is 0.00550.